The van der Waals surface area contributed by atoms with Gasteiger partial charge in [-0.05, 0) is 35.6 Å². The number of halogens is 3. The number of ether oxygens (including phenoxy) is 1. The molecule has 10 heteroatoms. The minimum atomic E-state index is -4.82. The molecule has 2 amide bonds. The number of fused-ring (bicyclic) bond motifs is 3. The van der Waals surface area contributed by atoms with E-state index in [1.807, 2.05) is 48.5 Å². The molecule has 2 aromatic rings. The van der Waals surface area contributed by atoms with E-state index < -0.39 is 49.1 Å². The van der Waals surface area contributed by atoms with Crippen molar-refractivity contribution in [3.63, 3.8) is 0 Å². The molecule has 176 valence electrons. The van der Waals surface area contributed by atoms with Crippen LogP contribution in [0.25, 0.3) is 11.1 Å². The van der Waals surface area contributed by atoms with Crippen molar-refractivity contribution in [3.8, 4) is 11.1 Å². The summed E-state index contributed by atoms with van der Waals surface area (Å²) in [5, 5.41) is 12.6. The van der Waals surface area contributed by atoms with Crippen molar-refractivity contribution in [2.45, 2.75) is 43.9 Å². The molecular formula is C23H23F3N2O5. The fraction of sp³-hybridized carbons (Fsp3) is 0.348. The summed E-state index contributed by atoms with van der Waals surface area (Å²) < 4.78 is 45.2. The quantitative estimate of drug-likeness (QED) is 0.551. The van der Waals surface area contributed by atoms with Gasteiger partial charge in [-0.1, -0.05) is 48.5 Å². The zero-order valence-corrected chi connectivity index (χ0v) is 17.7. The summed E-state index contributed by atoms with van der Waals surface area (Å²) in [4.78, 5) is 34.6. The van der Waals surface area contributed by atoms with Crippen molar-refractivity contribution >= 4 is 18.0 Å². The molecule has 3 rings (SSSR count). The van der Waals surface area contributed by atoms with E-state index in [0.717, 1.165) is 22.3 Å². The highest BCUT2D eigenvalue weighted by atomic mass is 19.4. The lowest BCUT2D eigenvalue weighted by Gasteiger charge is -2.22. The third-order valence-corrected chi connectivity index (χ3v) is 5.44. The number of hydrogen-bond acceptors (Lipinski definition) is 4. The smallest absolute Gasteiger partial charge is 0.408 e. The van der Waals surface area contributed by atoms with Crippen molar-refractivity contribution in [1.82, 2.24) is 10.6 Å². The Bertz CT molecular complexity index is 995. The standard InChI is InChI=1S/C23H23F3N2O5/c1-13(21(30)31)27-20(29)11-10-19(23(24,25)26)28-22(32)33-12-18-16-8-4-2-6-14(16)15-7-3-5-9-17(15)18/h2-9,13,18-19H,10-12H2,1H3,(H,27,29)(H,28,32)(H,30,31)/t13-,19-/m0/s1. The van der Waals surface area contributed by atoms with Crippen LogP contribution in [0, 0.1) is 0 Å². The summed E-state index contributed by atoms with van der Waals surface area (Å²) in [6, 6.07) is 11.5. The normalized spacial score (nSPS) is 14.5. The minimum absolute atomic E-state index is 0.152. The van der Waals surface area contributed by atoms with Crippen LogP contribution in [0.4, 0.5) is 18.0 Å². The first-order valence-corrected chi connectivity index (χ1v) is 10.3. The average molecular weight is 464 g/mol. The van der Waals surface area contributed by atoms with Crippen LogP contribution >= 0.6 is 0 Å². The molecule has 0 aromatic heterocycles. The van der Waals surface area contributed by atoms with Crippen LogP contribution < -0.4 is 10.6 Å². The average Bonchev–Trinajstić information content (AvgIpc) is 3.08. The largest absolute Gasteiger partial charge is 0.480 e. The fourth-order valence-corrected chi connectivity index (χ4v) is 3.75. The van der Waals surface area contributed by atoms with Gasteiger partial charge in [-0.3, -0.25) is 9.59 Å². The molecule has 0 spiro atoms. The second-order valence-corrected chi connectivity index (χ2v) is 7.73. The number of rotatable bonds is 8. The number of carbonyl (C=O) groups excluding carboxylic acids is 2. The molecule has 3 N–H and O–H groups in total. The van der Waals surface area contributed by atoms with Gasteiger partial charge in [0.15, 0.2) is 0 Å². The number of carboxylic acids is 1. The topological polar surface area (TPSA) is 105 Å². The Morgan fingerprint density at radius 2 is 1.55 bits per heavy atom. The summed E-state index contributed by atoms with van der Waals surface area (Å²) >= 11 is 0. The first-order valence-electron chi connectivity index (χ1n) is 10.3. The molecular weight excluding hydrogens is 441 g/mol. The van der Waals surface area contributed by atoms with Crippen LogP contribution in [0.2, 0.25) is 0 Å². The minimum Gasteiger partial charge on any atom is -0.480 e. The van der Waals surface area contributed by atoms with E-state index in [2.05, 4.69) is 5.32 Å². The third-order valence-electron chi connectivity index (χ3n) is 5.44. The lowest BCUT2D eigenvalue weighted by atomic mass is 9.98. The number of nitrogens with one attached hydrogen (secondary N) is 2. The molecule has 0 saturated carbocycles. The Kier molecular flexibility index (Phi) is 7.25. The number of amides is 2. The van der Waals surface area contributed by atoms with Crippen LogP contribution in [-0.2, 0) is 14.3 Å². The molecule has 1 aliphatic rings. The van der Waals surface area contributed by atoms with Crippen LogP contribution in [0.5, 0.6) is 0 Å². The maximum Gasteiger partial charge on any atom is 0.408 e. The zero-order valence-electron chi connectivity index (χ0n) is 17.7. The predicted octanol–water partition coefficient (Wildman–Crippen LogP) is 3.83. The molecule has 33 heavy (non-hydrogen) atoms. The van der Waals surface area contributed by atoms with Crippen molar-refractivity contribution in [2.75, 3.05) is 6.61 Å². The van der Waals surface area contributed by atoms with Crippen molar-refractivity contribution < 1.29 is 37.4 Å². The highest BCUT2D eigenvalue weighted by Gasteiger charge is 2.41. The molecule has 0 unspecified atom stereocenters. The van der Waals surface area contributed by atoms with E-state index in [0.29, 0.717) is 0 Å². The van der Waals surface area contributed by atoms with E-state index in [9.17, 15) is 27.6 Å². The van der Waals surface area contributed by atoms with Crippen molar-refractivity contribution in [1.29, 1.82) is 0 Å². The summed E-state index contributed by atoms with van der Waals surface area (Å²) in [5.41, 5.74) is 3.81. The molecule has 0 saturated heterocycles. The maximum atomic E-state index is 13.4. The number of alkyl carbamates (subject to hydrolysis) is 1. The van der Waals surface area contributed by atoms with Crippen LogP contribution in [-0.4, -0.2) is 47.9 Å². The lowest BCUT2D eigenvalue weighted by molar-refractivity contribution is -0.157. The number of benzene rings is 2. The number of aliphatic carboxylic acids is 1. The molecule has 0 radical (unpaired) electrons. The van der Waals surface area contributed by atoms with Crippen LogP contribution in [0.15, 0.2) is 48.5 Å². The number of carbonyl (C=O) groups is 3. The van der Waals surface area contributed by atoms with Crippen LogP contribution in [0.3, 0.4) is 0 Å². The number of carboxylic acid groups (broad SMARTS) is 1. The van der Waals surface area contributed by atoms with Crippen molar-refractivity contribution in [2.24, 2.45) is 0 Å². The Balaban J connectivity index is 1.60. The summed E-state index contributed by atoms with van der Waals surface area (Å²) in [6.45, 7) is 1.04. The predicted molar refractivity (Wildman–Crippen MR) is 113 cm³/mol. The molecule has 0 heterocycles. The van der Waals surface area contributed by atoms with Gasteiger partial charge >= 0.3 is 18.2 Å². The van der Waals surface area contributed by atoms with Gasteiger partial charge in [0, 0.05) is 12.3 Å². The van der Waals surface area contributed by atoms with Gasteiger partial charge in [0.2, 0.25) is 5.91 Å². The number of hydrogen-bond donors (Lipinski definition) is 3. The molecule has 2 aromatic carbocycles. The third kappa shape index (κ3) is 5.82. The van der Waals surface area contributed by atoms with E-state index in [1.165, 1.54) is 6.92 Å². The molecule has 0 bridgehead atoms. The second kappa shape index (κ2) is 9.93. The summed E-state index contributed by atoms with van der Waals surface area (Å²) in [5.74, 6) is -2.49. The van der Waals surface area contributed by atoms with E-state index >= 15 is 0 Å². The molecule has 2 atom stereocenters. The highest BCUT2D eigenvalue weighted by molar-refractivity contribution is 5.83. The zero-order chi connectivity index (χ0) is 24.2. The van der Waals surface area contributed by atoms with Gasteiger partial charge < -0.3 is 20.5 Å². The van der Waals surface area contributed by atoms with Gasteiger partial charge in [0.25, 0.3) is 0 Å². The Labute approximate surface area is 187 Å². The molecule has 1 aliphatic carbocycles. The lowest BCUT2D eigenvalue weighted by Crippen LogP contribution is -2.47. The van der Waals surface area contributed by atoms with Gasteiger partial charge in [0.1, 0.15) is 18.7 Å². The molecule has 0 fully saturated rings. The van der Waals surface area contributed by atoms with E-state index in [-0.39, 0.29) is 12.5 Å². The van der Waals surface area contributed by atoms with Gasteiger partial charge in [0.05, 0.1) is 0 Å². The van der Waals surface area contributed by atoms with Gasteiger partial charge in [-0.2, -0.15) is 13.2 Å². The summed E-state index contributed by atoms with van der Waals surface area (Å²) in [7, 11) is 0. The maximum absolute atomic E-state index is 13.4. The highest BCUT2D eigenvalue weighted by Crippen LogP contribution is 2.44. The van der Waals surface area contributed by atoms with Crippen LogP contribution in [0.1, 0.15) is 36.8 Å². The van der Waals surface area contributed by atoms with E-state index in [4.69, 9.17) is 9.84 Å². The Morgan fingerprint density at radius 3 is 2.06 bits per heavy atom. The van der Waals surface area contributed by atoms with Gasteiger partial charge in [-0.25, -0.2) is 4.79 Å². The first kappa shape index (κ1) is 24.1. The summed E-state index contributed by atoms with van der Waals surface area (Å²) in [6.07, 6.45) is -7.44. The Hall–Kier alpha value is -3.56. The van der Waals surface area contributed by atoms with Gasteiger partial charge in [-0.15, -0.1) is 0 Å². The number of alkyl halides is 3. The SMILES string of the molecule is C[C@H](NC(=O)CC[C@H](NC(=O)OCC1c2ccccc2-c2ccccc21)C(F)(F)F)C(=O)O. The van der Waals surface area contributed by atoms with Crippen molar-refractivity contribution in [3.05, 3.63) is 59.7 Å². The first-order chi connectivity index (χ1) is 15.6. The van der Waals surface area contributed by atoms with E-state index in [1.54, 1.807) is 5.32 Å². The Morgan fingerprint density at radius 1 is 1.00 bits per heavy atom. The monoisotopic (exact) mass is 464 g/mol. The second-order valence-electron chi connectivity index (χ2n) is 7.73. The fourth-order valence-electron chi connectivity index (χ4n) is 3.75. The molecule has 7 nitrogen and oxygen atoms in total. The molecule has 0 aliphatic heterocycles.